The summed E-state index contributed by atoms with van der Waals surface area (Å²) in [7, 11) is 0. The summed E-state index contributed by atoms with van der Waals surface area (Å²) < 4.78 is 11.4. The van der Waals surface area contributed by atoms with Crippen molar-refractivity contribution in [3.05, 3.63) is 11.6 Å². The van der Waals surface area contributed by atoms with Gasteiger partial charge in [0, 0.05) is 0 Å². The summed E-state index contributed by atoms with van der Waals surface area (Å²) >= 11 is 0. The van der Waals surface area contributed by atoms with Crippen LogP contribution in [0.1, 0.15) is 41.0 Å². The van der Waals surface area contributed by atoms with Gasteiger partial charge in [-0.2, -0.15) is 0 Å². The van der Waals surface area contributed by atoms with E-state index in [0.29, 0.717) is 6.42 Å². The lowest BCUT2D eigenvalue weighted by molar-refractivity contribution is -0.153. The van der Waals surface area contributed by atoms with Gasteiger partial charge in [0.2, 0.25) is 0 Å². The third-order valence-electron chi connectivity index (χ3n) is 2.46. The lowest BCUT2D eigenvalue weighted by Gasteiger charge is -2.20. The van der Waals surface area contributed by atoms with E-state index in [9.17, 15) is 5.11 Å². The molecule has 0 spiro atoms. The standard InChI is InChI=1S/C12H22O3/c1-6-9(13)11-10(7-8(2)3)14-12(4,5)15-11/h7,9-11,13H,6H2,1-5H3/t9-,10+,11-/m1/s1. The molecule has 3 nitrogen and oxygen atoms in total. The molecule has 0 radical (unpaired) electrons. The highest BCUT2D eigenvalue weighted by atomic mass is 16.8. The van der Waals surface area contributed by atoms with E-state index in [1.54, 1.807) is 0 Å². The fourth-order valence-corrected chi connectivity index (χ4v) is 1.80. The van der Waals surface area contributed by atoms with Gasteiger partial charge in [0.05, 0.1) is 6.10 Å². The SMILES string of the molecule is CC[C@@H](O)[C@H]1OC(C)(C)O[C@H]1C=C(C)C. The second kappa shape index (κ2) is 4.64. The van der Waals surface area contributed by atoms with Crippen molar-refractivity contribution >= 4 is 0 Å². The molecular formula is C12H22O3. The van der Waals surface area contributed by atoms with Crippen molar-refractivity contribution in [3.63, 3.8) is 0 Å². The Kier molecular flexibility index (Phi) is 3.93. The van der Waals surface area contributed by atoms with Crippen molar-refractivity contribution in [1.29, 1.82) is 0 Å². The molecule has 88 valence electrons. The van der Waals surface area contributed by atoms with Gasteiger partial charge >= 0.3 is 0 Å². The predicted molar refractivity (Wildman–Crippen MR) is 59.6 cm³/mol. The fraction of sp³-hybridized carbons (Fsp3) is 0.833. The highest BCUT2D eigenvalue weighted by Crippen LogP contribution is 2.31. The van der Waals surface area contributed by atoms with E-state index >= 15 is 0 Å². The van der Waals surface area contributed by atoms with Gasteiger partial charge in [-0.05, 0) is 34.1 Å². The van der Waals surface area contributed by atoms with E-state index in [-0.39, 0.29) is 12.2 Å². The molecule has 0 unspecified atom stereocenters. The second-order valence-electron chi connectivity index (χ2n) is 4.78. The van der Waals surface area contributed by atoms with E-state index in [1.165, 1.54) is 5.57 Å². The van der Waals surface area contributed by atoms with Crippen molar-refractivity contribution < 1.29 is 14.6 Å². The molecular weight excluding hydrogens is 192 g/mol. The molecule has 0 aromatic carbocycles. The molecule has 15 heavy (non-hydrogen) atoms. The van der Waals surface area contributed by atoms with Gasteiger partial charge in [0.1, 0.15) is 12.2 Å². The smallest absolute Gasteiger partial charge is 0.164 e. The van der Waals surface area contributed by atoms with Crippen LogP contribution < -0.4 is 0 Å². The maximum absolute atomic E-state index is 9.84. The molecule has 1 heterocycles. The molecule has 1 N–H and O–H groups in total. The number of hydrogen-bond acceptors (Lipinski definition) is 3. The molecule has 1 saturated heterocycles. The van der Waals surface area contributed by atoms with Crippen LogP contribution in [0.15, 0.2) is 11.6 Å². The summed E-state index contributed by atoms with van der Waals surface area (Å²) in [6.45, 7) is 9.73. The largest absolute Gasteiger partial charge is 0.390 e. The predicted octanol–water partition coefficient (Wildman–Crippen LogP) is 2.24. The first-order valence-corrected chi connectivity index (χ1v) is 5.54. The summed E-state index contributed by atoms with van der Waals surface area (Å²) in [5.74, 6) is -0.600. The van der Waals surface area contributed by atoms with Gasteiger partial charge in [-0.3, -0.25) is 0 Å². The zero-order chi connectivity index (χ0) is 11.6. The summed E-state index contributed by atoms with van der Waals surface area (Å²) in [4.78, 5) is 0. The van der Waals surface area contributed by atoms with E-state index in [4.69, 9.17) is 9.47 Å². The summed E-state index contributed by atoms with van der Waals surface area (Å²) in [6, 6.07) is 0. The Labute approximate surface area is 92.1 Å². The van der Waals surface area contributed by atoms with Crippen molar-refractivity contribution in [3.8, 4) is 0 Å². The molecule has 1 rings (SSSR count). The van der Waals surface area contributed by atoms with E-state index < -0.39 is 11.9 Å². The van der Waals surface area contributed by atoms with Crippen LogP contribution in [-0.2, 0) is 9.47 Å². The minimum absolute atomic E-state index is 0.139. The Morgan fingerprint density at radius 1 is 1.40 bits per heavy atom. The number of hydrogen-bond donors (Lipinski definition) is 1. The Morgan fingerprint density at radius 3 is 2.47 bits per heavy atom. The van der Waals surface area contributed by atoms with Crippen LogP contribution in [0.25, 0.3) is 0 Å². The molecule has 0 saturated carbocycles. The molecule has 0 bridgehead atoms. The Morgan fingerprint density at radius 2 is 2.00 bits per heavy atom. The van der Waals surface area contributed by atoms with Crippen molar-refractivity contribution in [2.75, 3.05) is 0 Å². The van der Waals surface area contributed by atoms with Crippen LogP contribution in [0.4, 0.5) is 0 Å². The van der Waals surface area contributed by atoms with E-state index in [1.807, 2.05) is 40.7 Å². The maximum Gasteiger partial charge on any atom is 0.164 e. The van der Waals surface area contributed by atoms with E-state index in [0.717, 1.165) is 0 Å². The first kappa shape index (κ1) is 12.7. The normalized spacial score (nSPS) is 31.3. The summed E-state index contributed by atoms with van der Waals surface area (Å²) in [6.07, 6.45) is 1.84. The van der Waals surface area contributed by atoms with Crippen molar-refractivity contribution in [1.82, 2.24) is 0 Å². The summed E-state index contributed by atoms with van der Waals surface area (Å²) in [5.41, 5.74) is 1.18. The van der Waals surface area contributed by atoms with Crippen LogP contribution in [0.3, 0.4) is 0 Å². The maximum atomic E-state index is 9.84. The molecule has 3 atom stereocenters. The quantitative estimate of drug-likeness (QED) is 0.732. The topological polar surface area (TPSA) is 38.7 Å². The number of allylic oxidation sites excluding steroid dienone is 1. The fourth-order valence-electron chi connectivity index (χ4n) is 1.80. The molecule has 0 aromatic rings. The Hall–Kier alpha value is -0.380. The number of aliphatic hydroxyl groups excluding tert-OH is 1. The zero-order valence-corrected chi connectivity index (χ0v) is 10.3. The van der Waals surface area contributed by atoms with Gasteiger partial charge in [0.15, 0.2) is 5.79 Å². The third-order valence-corrected chi connectivity index (χ3v) is 2.46. The van der Waals surface area contributed by atoms with E-state index in [2.05, 4.69) is 0 Å². The van der Waals surface area contributed by atoms with Crippen molar-refractivity contribution in [2.24, 2.45) is 0 Å². The molecule has 0 aromatic heterocycles. The zero-order valence-electron chi connectivity index (χ0n) is 10.3. The van der Waals surface area contributed by atoms with Crippen LogP contribution >= 0.6 is 0 Å². The number of rotatable bonds is 3. The Bertz CT molecular complexity index is 241. The lowest BCUT2D eigenvalue weighted by atomic mass is 10.0. The second-order valence-corrected chi connectivity index (χ2v) is 4.78. The molecule has 1 aliphatic rings. The monoisotopic (exact) mass is 214 g/mol. The highest BCUT2D eigenvalue weighted by molar-refractivity contribution is 5.05. The van der Waals surface area contributed by atoms with Crippen LogP contribution in [0.2, 0.25) is 0 Å². The van der Waals surface area contributed by atoms with Crippen LogP contribution in [0.5, 0.6) is 0 Å². The minimum atomic E-state index is -0.600. The molecule has 0 amide bonds. The Balaban J connectivity index is 2.79. The summed E-state index contributed by atoms with van der Waals surface area (Å²) in [5, 5.41) is 9.84. The van der Waals surface area contributed by atoms with Crippen molar-refractivity contribution in [2.45, 2.75) is 65.1 Å². The molecule has 0 aliphatic carbocycles. The first-order chi connectivity index (χ1) is 6.85. The molecule has 3 heteroatoms. The number of ether oxygens (including phenoxy) is 2. The van der Waals surface area contributed by atoms with Gasteiger partial charge in [-0.1, -0.05) is 18.6 Å². The van der Waals surface area contributed by atoms with Gasteiger partial charge in [0.25, 0.3) is 0 Å². The van der Waals surface area contributed by atoms with Gasteiger partial charge in [-0.15, -0.1) is 0 Å². The number of aliphatic hydroxyl groups is 1. The van der Waals surface area contributed by atoms with Gasteiger partial charge in [-0.25, -0.2) is 0 Å². The molecule has 1 fully saturated rings. The van der Waals surface area contributed by atoms with Gasteiger partial charge < -0.3 is 14.6 Å². The first-order valence-electron chi connectivity index (χ1n) is 5.54. The molecule has 1 aliphatic heterocycles. The third kappa shape index (κ3) is 3.30. The van der Waals surface area contributed by atoms with Crippen LogP contribution in [-0.4, -0.2) is 29.2 Å². The average Bonchev–Trinajstić information content (AvgIpc) is 2.38. The highest BCUT2D eigenvalue weighted by Gasteiger charge is 2.43. The average molecular weight is 214 g/mol. The minimum Gasteiger partial charge on any atom is -0.390 e. The van der Waals surface area contributed by atoms with Crippen LogP contribution in [0, 0.1) is 0 Å². The lowest BCUT2D eigenvalue weighted by Crippen LogP contribution is -2.34.